The molecule has 1 aromatic carbocycles. The topological polar surface area (TPSA) is 142 Å². The fourth-order valence-electron chi connectivity index (χ4n) is 2.42. The summed E-state index contributed by atoms with van der Waals surface area (Å²) in [5, 5.41) is 10.1. The third kappa shape index (κ3) is 3.90. The van der Waals surface area contributed by atoms with E-state index >= 15 is 0 Å². The van der Waals surface area contributed by atoms with Crippen LogP contribution in [0.5, 0.6) is 17.4 Å². The first-order valence-electron chi connectivity index (χ1n) is 8.23. The van der Waals surface area contributed by atoms with Crippen molar-refractivity contribution in [1.82, 2.24) is 20.4 Å². The number of H-pyrrole nitrogens is 1. The highest BCUT2D eigenvalue weighted by Crippen LogP contribution is 2.35. The fraction of sp³-hybridized carbons (Fsp3) is 0.167. The van der Waals surface area contributed by atoms with E-state index < -0.39 is 11.9 Å². The van der Waals surface area contributed by atoms with Gasteiger partial charge in [0.15, 0.2) is 17.2 Å². The number of nitrogens with two attached hydrogens (primary N) is 1. The maximum atomic E-state index is 11.9. The smallest absolute Gasteiger partial charge is 0.338 e. The van der Waals surface area contributed by atoms with Gasteiger partial charge >= 0.3 is 5.97 Å². The maximum Gasteiger partial charge on any atom is 0.338 e. The number of aromatic amines is 1. The number of hydrogen-bond donors (Lipinski definition) is 2. The molecule has 3 N–H and O–H groups in total. The third-order valence-electron chi connectivity index (χ3n) is 3.68. The molecule has 0 aliphatic heterocycles. The molecule has 0 radical (unpaired) electrons. The van der Waals surface area contributed by atoms with E-state index in [2.05, 4.69) is 20.4 Å². The predicted octanol–water partition coefficient (Wildman–Crippen LogP) is 1.94. The SMILES string of the molecule is CCOC(=O)c1ccnc(Oc2ccc(-c3n[nH]nc3C(N)=O)cc2OC)c1. The molecular formula is C18H17N5O5. The van der Waals surface area contributed by atoms with Gasteiger partial charge in [-0.15, -0.1) is 0 Å². The van der Waals surface area contributed by atoms with Crippen molar-refractivity contribution < 1.29 is 23.8 Å². The number of aromatic nitrogens is 4. The number of nitrogens with one attached hydrogen (secondary N) is 1. The monoisotopic (exact) mass is 383 g/mol. The Morgan fingerprint density at radius 3 is 2.68 bits per heavy atom. The average Bonchev–Trinajstić information content (AvgIpc) is 3.19. The van der Waals surface area contributed by atoms with Crippen LogP contribution in [-0.4, -0.2) is 46.0 Å². The van der Waals surface area contributed by atoms with Crippen LogP contribution in [-0.2, 0) is 4.74 Å². The number of amides is 1. The van der Waals surface area contributed by atoms with Crippen molar-refractivity contribution in [3.05, 3.63) is 47.8 Å². The molecule has 144 valence electrons. The van der Waals surface area contributed by atoms with E-state index in [1.807, 2.05) is 0 Å². The van der Waals surface area contributed by atoms with Gasteiger partial charge in [-0.25, -0.2) is 9.78 Å². The Bertz CT molecular complexity index is 1020. The second-order valence-corrected chi connectivity index (χ2v) is 5.46. The average molecular weight is 383 g/mol. The first-order chi connectivity index (χ1) is 13.5. The van der Waals surface area contributed by atoms with Crippen LogP contribution < -0.4 is 15.2 Å². The molecule has 0 saturated heterocycles. The van der Waals surface area contributed by atoms with E-state index in [0.717, 1.165) is 0 Å². The number of rotatable bonds is 7. The summed E-state index contributed by atoms with van der Waals surface area (Å²) >= 11 is 0. The van der Waals surface area contributed by atoms with Crippen LogP contribution in [0.4, 0.5) is 0 Å². The second kappa shape index (κ2) is 8.16. The third-order valence-corrected chi connectivity index (χ3v) is 3.68. The number of pyridine rings is 1. The molecule has 3 aromatic rings. The summed E-state index contributed by atoms with van der Waals surface area (Å²) in [5.41, 5.74) is 6.47. The minimum absolute atomic E-state index is 0.0134. The van der Waals surface area contributed by atoms with Crippen LogP contribution in [0.15, 0.2) is 36.5 Å². The summed E-state index contributed by atoms with van der Waals surface area (Å²) in [4.78, 5) is 27.4. The Morgan fingerprint density at radius 1 is 1.14 bits per heavy atom. The number of benzene rings is 1. The Balaban J connectivity index is 1.90. The van der Waals surface area contributed by atoms with Gasteiger partial charge in [0.05, 0.1) is 19.3 Å². The molecule has 0 fully saturated rings. The van der Waals surface area contributed by atoms with Crippen molar-refractivity contribution in [2.75, 3.05) is 13.7 Å². The molecule has 0 aliphatic rings. The van der Waals surface area contributed by atoms with Crippen LogP contribution >= 0.6 is 0 Å². The highest BCUT2D eigenvalue weighted by molar-refractivity contribution is 5.96. The van der Waals surface area contributed by atoms with Crippen molar-refractivity contribution in [1.29, 1.82) is 0 Å². The molecule has 0 spiro atoms. The lowest BCUT2D eigenvalue weighted by atomic mass is 10.1. The molecule has 10 nitrogen and oxygen atoms in total. The van der Waals surface area contributed by atoms with E-state index in [9.17, 15) is 9.59 Å². The molecule has 28 heavy (non-hydrogen) atoms. The minimum Gasteiger partial charge on any atom is -0.493 e. The van der Waals surface area contributed by atoms with Crippen LogP contribution in [0, 0.1) is 0 Å². The summed E-state index contributed by atoms with van der Waals surface area (Å²) < 4.78 is 16.1. The van der Waals surface area contributed by atoms with E-state index in [1.165, 1.54) is 25.4 Å². The van der Waals surface area contributed by atoms with Gasteiger partial charge in [0.2, 0.25) is 5.88 Å². The molecule has 2 heterocycles. The number of primary amides is 1. The number of methoxy groups -OCH3 is 1. The molecule has 0 aliphatic carbocycles. The van der Waals surface area contributed by atoms with Crippen molar-refractivity contribution in [3.8, 4) is 28.6 Å². The van der Waals surface area contributed by atoms with Crippen molar-refractivity contribution >= 4 is 11.9 Å². The normalized spacial score (nSPS) is 10.4. The Hall–Kier alpha value is -3.95. The summed E-state index contributed by atoms with van der Waals surface area (Å²) in [6, 6.07) is 7.90. The van der Waals surface area contributed by atoms with Gasteiger partial charge in [0.25, 0.3) is 5.91 Å². The summed E-state index contributed by atoms with van der Waals surface area (Å²) in [7, 11) is 1.46. The van der Waals surface area contributed by atoms with Gasteiger partial charge in [0.1, 0.15) is 5.69 Å². The predicted molar refractivity (Wildman–Crippen MR) is 97.2 cm³/mol. The van der Waals surface area contributed by atoms with E-state index in [4.69, 9.17) is 19.9 Å². The Labute approximate surface area is 159 Å². The van der Waals surface area contributed by atoms with Crippen LogP contribution in [0.25, 0.3) is 11.3 Å². The van der Waals surface area contributed by atoms with Gasteiger partial charge in [-0.1, -0.05) is 0 Å². The minimum atomic E-state index is -0.706. The highest BCUT2D eigenvalue weighted by atomic mass is 16.5. The zero-order valence-corrected chi connectivity index (χ0v) is 15.1. The molecule has 3 rings (SSSR count). The molecule has 0 bridgehead atoms. The van der Waals surface area contributed by atoms with Crippen LogP contribution in [0.1, 0.15) is 27.8 Å². The molecule has 0 atom stereocenters. The molecule has 2 aromatic heterocycles. The summed E-state index contributed by atoms with van der Waals surface area (Å²) in [6.45, 7) is 1.99. The van der Waals surface area contributed by atoms with E-state index in [-0.39, 0.29) is 18.2 Å². The number of nitrogens with zero attached hydrogens (tertiary/aromatic N) is 3. The first kappa shape index (κ1) is 18.8. The van der Waals surface area contributed by atoms with E-state index in [1.54, 1.807) is 25.1 Å². The number of esters is 1. The quantitative estimate of drug-likeness (QED) is 0.589. The lowest BCUT2D eigenvalue weighted by molar-refractivity contribution is 0.0525. The van der Waals surface area contributed by atoms with Crippen LogP contribution in [0.3, 0.4) is 0 Å². The number of carbonyl (C=O) groups excluding carboxylic acids is 2. The number of ether oxygens (including phenoxy) is 3. The van der Waals surface area contributed by atoms with Crippen molar-refractivity contribution in [2.45, 2.75) is 6.92 Å². The van der Waals surface area contributed by atoms with Gasteiger partial charge in [-0.3, -0.25) is 4.79 Å². The van der Waals surface area contributed by atoms with Gasteiger partial charge in [-0.2, -0.15) is 15.4 Å². The largest absolute Gasteiger partial charge is 0.493 e. The van der Waals surface area contributed by atoms with Crippen LogP contribution in [0.2, 0.25) is 0 Å². The maximum absolute atomic E-state index is 11.9. The fourth-order valence-corrected chi connectivity index (χ4v) is 2.42. The summed E-state index contributed by atoms with van der Waals surface area (Å²) in [6.07, 6.45) is 1.44. The highest BCUT2D eigenvalue weighted by Gasteiger charge is 2.18. The lowest BCUT2D eigenvalue weighted by Crippen LogP contribution is -2.12. The van der Waals surface area contributed by atoms with Crippen molar-refractivity contribution in [2.24, 2.45) is 5.73 Å². The zero-order valence-electron chi connectivity index (χ0n) is 15.1. The van der Waals surface area contributed by atoms with E-state index in [0.29, 0.717) is 28.3 Å². The van der Waals surface area contributed by atoms with Crippen molar-refractivity contribution in [3.63, 3.8) is 0 Å². The number of hydrogen-bond acceptors (Lipinski definition) is 8. The molecule has 0 unspecified atom stereocenters. The summed E-state index contributed by atoms with van der Waals surface area (Å²) in [5.74, 6) is -0.274. The molecule has 0 saturated carbocycles. The Morgan fingerprint density at radius 2 is 1.96 bits per heavy atom. The second-order valence-electron chi connectivity index (χ2n) is 5.46. The molecule has 10 heteroatoms. The molecule has 1 amide bonds. The zero-order chi connectivity index (χ0) is 20.1. The van der Waals surface area contributed by atoms with Gasteiger partial charge in [-0.05, 0) is 31.2 Å². The standard InChI is InChI=1S/C18H17N5O5/c1-3-27-18(25)11-6-7-20-14(9-11)28-12-5-4-10(8-13(12)26-2)15-16(17(19)24)22-23-21-15/h4-9H,3H2,1-2H3,(H2,19,24)(H,21,22,23). The number of carbonyl (C=O) groups is 2. The van der Waals surface area contributed by atoms with Gasteiger partial charge < -0.3 is 19.9 Å². The first-order valence-corrected chi connectivity index (χ1v) is 8.23. The lowest BCUT2D eigenvalue weighted by Gasteiger charge is -2.11. The Kier molecular flexibility index (Phi) is 5.49. The molecular weight excluding hydrogens is 366 g/mol. The van der Waals surface area contributed by atoms with Gasteiger partial charge in [0, 0.05) is 17.8 Å².